The number of ether oxygens (including phenoxy) is 1. The maximum Gasteiger partial charge on any atom is 0.335 e. The highest BCUT2D eigenvalue weighted by Crippen LogP contribution is 2.14. The molecule has 1 amide bonds. The predicted octanol–water partition coefficient (Wildman–Crippen LogP) is 1.56. The van der Waals surface area contributed by atoms with Crippen molar-refractivity contribution in [1.82, 2.24) is 4.90 Å². The second-order valence-electron chi connectivity index (χ2n) is 5.02. The third-order valence-corrected chi connectivity index (χ3v) is 3.62. The topological polar surface area (TPSA) is 66.8 Å². The molecule has 1 aliphatic heterocycles. The summed E-state index contributed by atoms with van der Waals surface area (Å²) in [6.45, 7) is 1.41. The molecule has 0 spiro atoms. The van der Waals surface area contributed by atoms with Crippen molar-refractivity contribution in [3.05, 3.63) is 35.4 Å². The molecule has 20 heavy (non-hydrogen) atoms. The largest absolute Gasteiger partial charge is 0.478 e. The van der Waals surface area contributed by atoms with Gasteiger partial charge in [0.2, 0.25) is 5.91 Å². The standard InChI is InChI=1S/C15H19NO4/c1-20-13-3-2-8-16(10-13)14(17)9-11-4-6-12(7-5-11)15(18)19/h4-7,13H,2-3,8-10H2,1H3,(H,18,19). The van der Waals surface area contributed by atoms with E-state index >= 15 is 0 Å². The first-order valence-electron chi connectivity index (χ1n) is 6.73. The number of likely N-dealkylation sites (tertiary alicyclic amines) is 1. The summed E-state index contributed by atoms with van der Waals surface area (Å²) in [7, 11) is 1.67. The van der Waals surface area contributed by atoms with Gasteiger partial charge >= 0.3 is 5.97 Å². The highest BCUT2D eigenvalue weighted by atomic mass is 16.5. The van der Waals surface area contributed by atoms with Crippen molar-refractivity contribution in [2.24, 2.45) is 0 Å². The van der Waals surface area contributed by atoms with Crippen LogP contribution >= 0.6 is 0 Å². The maximum atomic E-state index is 12.2. The zero-order valence-electron chi connectivity index (χ0n) is 11.5. The summed E-state index contributed by atoms with van der Waals surface area (Å²) in [6, 6.07) is 6.44. The van der Waals surface area contributed by atoms with Crippen molar-refractivity contribution >= 4 is 11.9 Å². The van der Waals surface area contributed by atoms with E-state index in [4.69, 9.17) is 9.84 Å². The molecule has 1 atom stereocenters. The molecule has 1 aromatic rings. The van der Waals surface area contributed by atoms with Crippen molar-refractivity contribution < 1.29 is 19.4 Å². The molecule has 1 N–H and O–H groups in total. The molecule has 1 saturated heterocycles. The van der Waals surface area contributed by atoms with Crippen LogP contribution in [0.15, 0.2) is 24.3 Å². The Bertz CT molecular complexity index is 483. The molecule has 0 bridgehead atoms. The first kappa shape index (κ1) is 14.5. The van der Waals surface area contributed by atoms with E-state index in [0.717, 1.165) is 24.9 Å². The lowest BCUT2D eigenvalue weighted by Crippen LogP contribution is -2.43. The third kappa shape index (κ3) is 3.57. The van der Waals surface area contributed by atoms with Gasteiger partial charge in [-0.25, -0.2) is 4.79 Å². The smallest absolute Gasteiger partial charge is 0.335 e. The number of nitrogens with zero attached hydrogens (tertiary/aromatic N) is 1. The molecule has 0 saturated carbocycles. The summed E-state index contributed by atoms with van der Waals surface area (Å²) < 4.78 is 5.30. The van der Waals surface area contributed by atoms with Crippen molar-refractivity contribution in [2.75, 3.05) is 20.2 Å². The van der Waals surface area contributed by atoms with Gasteiger partial charge in [0, 0.05) is 20.2 Å². The number of hydrogen-bond donors (Lipinski definition) is 1. The van der Waals surface area contributed by atoms with Crippen LogP contribution in [0.2, 0.25) is 0 Å². The molecule has 1 unspecified atom stereocenters. The summed E-state index contributed by atoms with van der Waals surface area (Å²) in [5, 5.41) is 8.83. The van der Waals surface area contributed by atoms with Crippen molar-refractivity contribution in [3.8, 4) is 0 Å². The summed E-state index contributed by atoms with van der Waals surface area (Å²) in [4.78, 5) is 24.8. The molecule has 2 rings (SSSR count). The number of piperidine rings is 1. The zero-order chi connectivity index (χ0) is 14.5. The average Bonchev–Trinajstić information content (AvgIpc) is 2.47. The van der Waals surface area contributed by atoms with E-state index in [2.05, 4.69) is 0 Å². The Morgan fingerprint density at radius 2 is 2.05 bits per heavy atom. The second-order valence-corrected chi connectivity index (χ2v) is 5.02. The van der Waals surface area contributed by atoms with Gasteiger partial charge in [-0.15, -0.1) is 0 Å². The van der Waals surface area contributed by atoms with E-state index < -0.39 is 5.97 Å². The van der Waals surface area contributed by atoms with Crippen LogP contribution in [0.4, 0.5) is 0 Å². The number of carbonyl (C=O) groups is 2. The number of amides is 1. The van der Waals surface area contributed by atoms with Crippen molar-refractivity contribution in [2.45, 2.75) is 25.4 Å². The van der Waals surface area contributed by atoms with Gasteiger partial charge in [-0.2, -0.15) is 0 Å². The number of rotatable bonds is 4. The molecular formula is C15H19NO4. The minimum Gasteiger partial charge on any atom is -0.478 e. The highest BCUT2D eigenvalue weighted by molar-refractivity contribution is 5.87. The molecule has 1 fully saturated rings. The Labute approximate surface area is 118 Å². The van der Waals surface area contributed by atoms with E-state index in [1.807, 2.05) is 4.90 Å². The van der Waals surface area contributed by atoms with Crippen LogP contribution < -0.4 is 0 Å². The van der Waals surface area contributed by atoms with Crippen LogP contribution in [0.5, 0.6) is 0 Å². The normalized spacial score (nSPS) is 18.9. The molecule has 1 aliphatic rings. The fraction of sp³-hybridized carbons (Fsp3) is 0.467. The van der Waals surface area contributed by atoms with E-state index in [1.54, 1.807) is 19.2 Å². The summed E-state index contributed by atoms with van der Waals surface area (Å²) >= 11 is 0. The number of aromatic carboxylic acids is 1. The maximum absolute atomic E-state index is 12.2. The molecule has 0 aliphatic carbocycles. The average molecular weight is 277 g/mol. The molecular weight excluding hydrogens is 258 g/mol. The van der Waals surface area contributed by atoms with Gasteiger partial charge in [-0.3, -0.25) is 4.79 Å². The Balaban J connectivity index is 1.95. The van der Waals surface area contributed by atoms with E-state index in [-0.39, 0.29) is 17.6 Å². The number of carboxylic acid groups (broad SMARTS) is 1. The molecule has 5 heteroatoms. The van der Waals surface area contributed by atoms with Crippen LogP contribution in [-0.4, -0.2) is 48.2 Å². The predicted molar refractivity (Wildman–Crippen MR) is 73.7 cm³/mol. The second kappa shape index (κ2) is 6.52. The van der Waals surface area contributed by atoms with E-state index in [9.17, 15) is 9.59 Å². The van der Waals surface area contributed by atoms with Crippen LogP contribution in [0.3, 0.4) is 0 Å². The van der Waals surface area contributed by atoms with Gasteiger partial charge in [-0.1, -0.05) is 12.1 Å². The van der Waals surface area contributed by atoms with Gasteiger partial charge in [0.05, 0.1) is 18.1 Å². The molecule has 0 radical (unpaired) electrons. The fourth-order valence-corrected chi connectivity index (χ4v) is 2.41. The first-order valence-corrected chi connectivity index (χ1v) is 6.73. The summed E-state index contributed by atoms with van der Waals surface area (Å²) in [5.41, 5.74) is 1.07. The lowest BCUT2D eigenvalue weighted by Gasteiger charge is -2.32. The lowest BCUT2D eigenvalue weighted by molar-refractivity contribution is -0.134. The number of methoxy groups -OCH3 is 1. The molecule has 1 aromatic carbocycles. The number of benzene rings is 1. The summed E-state index contributed by atoms with van der Waals surface area (Å²) in [6.07, 6.45) is 2.38. The molecule has 108 valence electrons. The van der Waals surface area contributed by atoms with Crippen LogP contribution in [0, 0.1) is 0 Å². The number of carboxylic acids is 1. The van der Waals surface area contributed by atoms with Gasteiger partial charge in [-0.05, 0) is 30.5 Å². The molecule has 0 aromatic heterocycles. The van der Waals surface area contributed by atoms with Crippen LogP contribution in [0.25, 0.3) is 0 Å². The Morgan fingerprint density at radius 1 is 1.35 bits per heavy atom. The van der Waals surface area contributed by atoms with Crippen molar-refractivity contribution in [1.29, 1.82) is 0 Å². The van der Waals surface area contributed by atoms with Gasteiger partial charge < -0.3 is 14.7 Å². The minimum atomic E-state index is -0.957. The third-order valence-electron chi connectivity index (χ3n) is 3.62. The quantitative estimate of drug-likeness (QED) is 0.907. The Hall–Kier alpha value is -1.88. The number of carbonyl (C=O) groups excluding carboxylic acids is 1. The van der Waals surface area contributed by atoms with Crippen LogP contribution in [-0.2, 0) is 16.0 Å². The Morgan fingerprint density at radius 3 is 2.65 bits per heavy atom. The monoisotopic (exact) mass is 277 g/mol. The molecule has 5 nitrogen and oxygen atoms in total. The fourth-order valence-electron chi connectivity index (χ4n) is 2.41. The van der Waals surface area contributed by atoms with Crippen LogP contribution in [0.1, 0.15) is 28.8 Å². The highest BCUT2D eigenvalue weighted by Gasteiger charge is 2.23. The van der Waals surface area contributed by atoms with Gasteiger partial charge in [0.1, 0.15) is 0 Å². The summed E-state index contributed by atoms with van der Waals surface area (Å²) in [5.74, 6) is -0.892. The zero-order valence-corrected chi connectivity index (χ0v) is 11.5. The minimum absolute atomic E-state index is 0.0647. The van der Waals surface area contributed by atoms with Crippen molar-refractivity contribution in [3.63, 3.8) is 0 Å². The van der Waals surface area contributed by atoms with Gasteiger partial charge in [0.15, 0.2) is 0 Å². The Kier molecular flexibility index (Phi) is 4.74. The van der Waals surface area contributed by atoms with E-state index in [1.165, 1.54) is 12.1 Å². The lowest BCUT2D eigenvalue weighted by atomic mass is 10.1. The van der Waals surface area contributed by atoms with Gasteiger partial charge in [0.25, 0.3) is 0 Å². The number of hydrogen-bond acceptors (Lipinski definition) is 3. The SMILES string of the molecule is COC1CCCN(C(=O)Cc2ccc(C(=O)O)cc2)C1. The first-order chi connectivity index (χ1) is 9.60. The molecule has 1 heterocycles. The van der Waals surface area contributed by atoms with E-state index in [0.29, 0.717) is 13.0 Å².